The van der Waals surface area contributed by atoms with Crippen molar-refractivity contribution in [2.24, 2.45) is 0 Å². The molecule has 1 saturated heterocycles. The number of imidazole rings is 1. The molecule has 5 rings (SSSR count). The van der Waals surface area contributed by atoms with Gasteiger partial charge in [-0.25, -0.2) is 14.6 Å². The first kappa shape index (κ1) is 20.1. The third-order valence-electron chi connectivity index (χ3n) is 5.05. The normalized spacial score (nSPS) is 14.4. The first-order valence-corrected chi connectivity index (χ1v) is 9.93. The summed E-state index contributed by atoms with van der Waals surface area (Å²) in [6, 6.07) is 3.59. The number of anilines is 3. The van der Waals surface area contributed by atoms with Gasteiger partial charge in [0.15, 0.2) is 17.0 Å². The highest BCUT2D eigenvalue weighted by Gasteiger charge is 2.20. The first-order valence-electron chi connectivity index (χ1n) is 9.93. The molecule has 1 fully saturated rings. The van der Waals surface area contributed by atoms with E-state index in [0.717, 1.165) is 5.56 Å². The van der Waals surface area contributed by atoms with Crippen LogP contribution in [0.4, 0.5) is 26.4 Å². The van der Waals surface area contributed by atoms with Crippen molar-refractivity contribution in [3.05, 3.63) is 42.6 Å². The molecule has 11 nitrogen and oxygen atoms in total. The van der Waals surface area contributed by atoms with Crippen molar-refractivity contribution in [3.63, 3.8) is 0 Å². The lowest BCUT2D eigenvalue weighted by atomic mass is 10.3. The number of rotatable bonds is 6. The summed E-state index contributed by atoms with van der Waals surface area (Å²) in [6.45, 7) is 0.138. The van der Waals surface area contributed by atoms with E-state index in [1.54, 1.807) is 16.8 Å². The maximum atomic E-state index is 13.0. The van der Waals surface area contributed by atoms with Gasteiger partial charge in [-0.3, -0.25) is 4.57 Å². The van der Waals surface area contributed by atoms with Crippen molar-refractivity contribution in [3.8, 4) is 5.69 Å². The number of nitrogens with two attached hydrogens (primary N) is 1. The second-order valence-electron chi connectivity index (χ2n) is 7.16. The van der Waals surface area contributed by atoms with Gasteiger partial charge in [0, 0.05) is 25.8 Å². The van der Waals surface area contributed by atoms with E-state index in [4.69, 9.17) is 10.5 Å². The molecule has 0 aromatic carbocycles. The number of nitrogens with zero attached hydrogens (tertiary/aromatic N) is 8. The summed E-state index contributed by atoms with van der Waals surface area (Å²) >= 11 is 0. The summed E-state index contributed by atoms with van der Waals surface area (Å²) in [5.74, 6) is 1.46. The number of ether oxygens (including phenoxy) is 1. The van der Waals surface area contributed by atoms with Crippen molar-refractivity contribution in [2.75, 3.05) is 42.3 Å². The van der Waals surface area contributed by atoms with Crippen LogP contribution in [0.15, 0.2) is 37.1 Å². The molecular weight excluding hydrogens is 422 g/mol. The van der Waals surface area contributed by atoms with E-state index in [-0.39, 0.29) is 0 Å². The Bertz CT molecular complexity index is 1220. The predicted molar refractivity (Wildman–Crippen MR) is 113 cm³/mol. The molecule has 3 N–H and O–H groups in total. The number of morpholine rings is 1. The van der Waals surface area contributed by atoms with Crippen molar-refractivity contribution >= 4 is 28.7 Å². The van der Waals surface area contributed by atoms with Crippen LogP contribution in [-0.2, 0) is 11.3 Å². The first-order chi connectivity index (χ1) is 15.6. The Morgan fingerprint density at radius 1 is 1.12 bits per heavy atom. The zero-order chi connectivity index (χ0) is 22.1. The molecule has 0 radical (unpaired) electrons. The van der Waals surface area contributed by atoms with Gasteiger partial charge in [0.2, 0.25) is 5.95 Å². The molecule has 0 saturated carbocycles. The Kier molecular flexibility index (Phi) is 5.23. The summed E-state index contributed by atoms with van der Waals surface area (Å²) < 4.78 is 33.6. The van der Waals surface area contributed by atoms with E-state index in [1.807, 2.05) is 11.0 Å². The molecular formula is C19H20F2N10O. The van der Waals surface area contributed by atoms with E-state index in [1.165, 1.54) is 18.7 Å². The molecule has 1 aliphatic rings. The van der Waals surface area contributed by atoms with E-state index in [0.29, 0.717) is 72.0 Å². The van der Waals surface area contributed by atoms with Crippen molar-refractivity contribution < 1.29 is 13.5 Å². The van der Waals surface area contributed by atoms with Gasteiger partial charge in [-0.1, -0.05) is 6.07 Å². The largest absolute Gasteiger partial charge is 0.384 e. The van der Waals surface area contributed by atoms with Gasteiger partial charge in [-0.15, -0.1) is 0 Å². The lowest BCUT2D eigenvalue weighted by Crippen LogP contribution is -2.37. The monoisotopic (exact) mass is 442 g/mol. The highest BCUT2D eigenvalue weighted by atomic mass is 19.3. The highest BCUT2D eigenvalue weighted by Crippen LogP contribution is 2.26. The molecule has 0 amide bonds. The quantitative estimate of drug-likeness (QED) is 0.460. The number of fused-ring (bicyclic) bond motifs is 1. The van der Waals surface area contributed by atoms with Crippen LogP contribution < -0.4 is 16.0 Å². The molecule has 0 unspecified atom stereocenters. The molecule has 4 aromatic rings. The van der Waals surface area contributed by atoms with Crippen molar-refractivity contribution in [2.45, 2.75) is 13.1 Å². The fraction of sp³-hybridized carbons (Fsp3) is 0.316. The van der Waals surface area contributed by atoms with Gasteiger partial charge in [0.05, 0.1) is 31.3 Å². The topological polar surface area (TPSA) is 125 Å². The third-order valence-corrected chi connectivity index (χ3v) is 5.05. The van der Waals surface area contributed by atoms with Gasteiger partial charge in [0.1, 0.15) is 12.1 Å². The average molecular weight is 442 g/mol. The van der Waals surface area contributed by atoms with Gasteiger partial charge in [0.25, 0.3) is 0 Å². The van der Waals surface area contributed by atoms with Crippen LogP contribution >= 0.6 is 0 Å². The number of alkyl halides is 2. The minimum Gasteiger partial charge on any atom is -0.384 e. The zero-order valence-corrected chi connectivity index (χ0v) is 16.9. The third kappa shape index (κ3) is 3.89. The van der Waals surface area contributed by atoms with Crippen LogP contribution in [0, 0.1) is 0 Å². The minimum absolute atomic E-state index is 0.424. The standard InChI is InChI=1S/C19H20F2N10O/c20-18(21)31-10-13(9-26-31)30-11-25-15-16(24-8-12-1-2-14(22)23-7-12)27-19(28-17(15)30)29-3-5-32-6-4-29/h1-2,7,9-11,18H,3-6,8H2,(H2,22,23)(H,24,27,28). The molecule has 5 heterocycles. The molecule has 0 atom stereocenters. The van der Waals surface area contributed by atoms with E-state index in [2.05, 4.69) is 30.4 Å². The lowest BCUT2D eigenvalue weighted by molar-refractivity contribution is 0.0566. The molecule has 1 aliphatic heterocycles. The smallest absolute Gasteiger partial charge is 0.333 e. The zero-order valence-electron chi connectivity index (χ0n) is 16.9. The maximum absolute atomic E-state index is 13.0. The highest BCUT2D eigenvalue weighted by molar-refractivity contribution is 5.85. The maximum Gasteiger partial charge on any atom is 0.333 e. The second-order valence-corrected chi connectivity index (χ2v) is 7.16. The van der Waals surface area contributed by atoms with Gasteiger partial charge >= 0.3 is 6.55 Å². The lowest BCUT2D eigenvalue weighted by Gasteiger charge is -2.27. The summed E-state index contributed by atoms with van der Waals surface area (Å²) in [5.41, 5.74) is 7.98. The Hall–Kier alpha value is -3.87. The van der Waals surface area contributed by atoms with Crippen molar-refractivity contribution in [1.82, 2.24) is 34.3 Å². The van der Waals surface area contributed by atoms with E-state index < -0.39 is 6.55 Å². The number of nitrogen functional groups attached to an aromatic ring is 1. The Balaban J connectivity index is 1.54. The molecule has 166 valence electrons. The Morgan fingerprint density at radius 3 is 2.69 bits per heavy atom. The summed E-state index contributed by atoms with van der Waals surface area (Å²) in [4.78, 5) is 19.9. The van der Waals surface area contributed by atoms with Crippen LogP contribution in [0.3, 0.4) is 0 Å². The van der Waals surface area contributed by atoms with Crippen LogP contribution in [-0.4, -0.2) is 60.6 Å². The fourth-order valence-electron chi connectivity index (χ4n) is 3.39. The number of pyridine rings is 1. The van der Waals surface area contributed by atoms with Gasteiger partial charge < -0.3 is 20.7 Å². The SMILES string of the molecule is Nc1ccc(CNc2nc(N3CCOCC3)nc3c2ncn3-c2cnn(C(F)F)c2)cn1. The van der Waals surface area contributed by atoms with E-state index in [9.17, 15) is 8.78 Å². The minimum atomic E-state index is -2.73. The number of hydrogen-bond donors (Lipinski definition) is 2. The molecule has 13 heteroatoms. The fourth-order valence-corrected chi connectivity index (χ4v) is 3.39. The van der Waals surface area contributed by atoms with Crippen LogP contribution in [0.1, 0.15) is 12.1 Å². The Morgan fingerprint density at radius 2 is 1.97 bits per heavy atom. The summed E-state index contributed by atoms with van der Waals surface area (Å²) in [7, 11) is 0. The number of aromatic nitrogens is 7. The van der Waals surface area contributed by atoms with Crippen LogP contribution in [0.2, 0.25) is 0 Å². The van der Waals surface area contributed by atoms with Gasteiger partial charge in [-0.2, -0.15) is 23.8 Å². The number of nitrogens with one attached hydrogen (secondary N) is 1. The molecule has 0 bridgehead atoms. The predicted octanol–water partition coefficient (Wildman–Crippen LogP) is 1.83. The van der Waals surface area contributed by atoms with Crippen LogP contribution in [0.5, 0.6) is 0 Å². The molecule has 32 heavy (non-hydrogen) atoms. The average Bonchev–Trinajstić information content (AvgIpc) is 3.46. The Labute approximate surface area is 180 Å². The van der Waals surface area contributed by atoms with Gasteiger partial charge in [-0.05, 0) is 11.6 Å². The summed E-state index contributed by atoms with van der Waals surface area (Å²) in [6.07, 6.45) is 5.79. The second kappa shape index (κ2) is 8.34. The van der Waals surface area contributed by atoms with E-state index >= 15 is 0 Å². The number of halogens is 2. The van der Waals surface area contributed by atoms with Crippen LogP contribution in [0.25, 0.3) is 16.9 Å². The summed E-state index contributed by atoms with van der Waals surface area (Å²) in [5, 5.41) is 7.00. The molecule has 0 aliphatic carbocycles. The number of hydrogen-bond acceptors (Lipinski definition) is 9. The van der Waals surface area contributed by atoms with Crippen molar-refractivity contribution in [1.29, 1.82) is 0 Å². The molecule has 4 aromatic heterocycles. The molecule has 0 spiro atoms.